The van der Waals surface area contributed by atoms with E-state index < -0.39 is 30.5 Å². The molecule has 0 saturated carbocycles. The number of benzene rings is 6. The molecule has 57 heavy (non-hydrogen) atoms. The van der Waals surface area contributed by atoms with E-state index in [4.69, 9.17) is 35.3 Å². The fourth-order valence-electron chi connectivity index (χ4n) is 7.19. The summed E-state index contributed by atoms with van der Waals surface area (Å²) < 4.78 is 34.8. The molecule has 1 unspecified atom stereocenters. The van der Waals surface area contributed by atoms with Crippen molar-refractivity contribution in [1.29, 1.82) is 0 Å². The van der Waals surface area contributed by atoms with Crippen LogP contribution in [0, 0.1) is 0 Å². The van der Waals surface area contributed by atoms with E-state index in [0.29, 0.717) is 42.9 Å². The van der Waals surface area contributed by atoms with Gasteiger partial charge >= 0.3 is 0 Å². The first-order valence-corrected chi connectivity index (χ1v) is 20.6. The van der Waals surface area contributed by atoms with Gasteiger partial charge in [-0.1, -0.05) is 164 Å². The van der Waals surface area contributed by atoms with Gasteiger partial charge in [0, 0.05) is 5.56 Å². The SMILES string of the molecule is CCc1ccc(Cc2cc(C3O[C@H](COCc4ccccc4)[C@@H](OCc4ccccc4)[C@H](OCc4ccccc4)[C@H]3OCc3ccccc3)c(Br)c(O)c2Cl)cc1. The minimum absolute atomic E-state index is 0.0548. The first-order valence-electron chi connectivity index (χ1n) is 19.5. The summed E-state index contributed by atoms with van der Waals surface area (Å²) in [6.07, 6.45) is -1.76. The summed E-state index contributed by atoms with van der Waals surface area (Å²) in [5, 5.41) is 11.9. The van der Waals surface area contributed by atoms with Crippen LogP contribution in [0.4, 0.5) is 0 Å². The van der Waals surface area contributed by atoms with Crippen LogP contribution in [0.2, 0.25) is 5.02 Å². The van der Waals surface area contributed by atoms with E-state index in [0.717, 1.165) is 39.8 Å². The normalized spacial score (nSPS) is 19.4. The van der Waals surface area contributed by atoms with E-state index in [1.54, 1.807) is 0 Å². The predicted molar refractivity (Wildman–Crippen MR) is 228 cm³/mol. The van der Waals surface area contributed by atoms with E-state index in [9.17, 15) is 5.11 Å². The number of halogens is 2. The van der Waals surface area contributed by atoms with Gasteiger partial charge in [0.2, 0.25) is 0 Å². The Labute approximate surface area is 349 Å². The van der Waals surface area contributed by atoms with Gasteiger partial charge in [-0.2, -0.15) is 0 Å². The van der Waals surface area contributed by atoms with Crippen LogP contribution in [-0.4, -0.2) is 36.1 Å². The summed E-state index contributed by atoms with van der Waals surface area (Å²) in [4.78, 5) is 0. The highest BCUT2D eigenvalue weighted by molar-refractivity contribution is 9.10. The maximum Gasteiger partial charge on any atom is 0.149 e. The summed E-state index contributed by atoms with van der Waals surface area (Å²) in [5.74, 6) is -0.0548. The molecule has 0 spiro atoms. The highest BCUT2D eigenvalue weighted by Crippen LogP contribution is 2.46. The third kappa shape index (κ3) is 10.8. The van der Waals surface area contributed by atoms with Gasteiger partial charge in [-0.3, -0.25) is 0 Å². The van der Waals surface area contributed by atoms with Crippen molar-refractivity contribution in [3.63, 3.8) is 0 Å². The number of phenolic OH excluding ortho intramolecular Hbond substituents is 1. The molecule has 1 saturated heterocycles. The molecule has 5 atom stereocenters. The van der Waals surface area contributed by atoms with Gasteiger partial charge in [-0.15, -0.1) is 0 Å². The lowest BCUT2D eigenvalue weighted by molar-refractivity contribution is -0.275. The average Bonchev–Trinajstić information content (AvgIpc) is 3.26. The number of hydrogen-bond acceptors (Lipinski definition) is 6. The Morgan fingerprint density at radius 1 is 0.579 bits per heavy atom. The molecule has 1 heterocycles. The van der Waals surface area contributed by atoms with Crippen LogP contribution in [0.3, 0.4) is 0 Å². The second-order valence-electron chi connectivity index (χ2n) is 14.3. The van der Waals surface area contributed by atoms with Gasteiger partial charge in [-0.25, -0.2) is 0 Å². The van der Waals surface area contributed by atoms with E-state index in [-0.39, 0.29) is 17.4 Å². The molecule has 6 aromatic rings. The van der Waals surface area contributed by atoms with Crippen molar-refractivity contribution in [3.05, 3.63) is 206 Å². The zero-order valence-electron chi connectivity index (χ0n) is 32.0. The van der Waals surface area contributed by atoms with Gasteiger partial charge in [0.05, 0.1) is 42.5 Å². The van der Waals surface area contributed by atoms with Gasteiger partial charge in [-0.05, 0) is 73.8 Å². The minimum atomic E-state index is -0.727. The number of rotatable bonds is 17. The molecule has 0 aliphatic carbocycles. The van der Waals surface area contributed by atoms with Crippen LogP contribution in [0.15, 0.2) is 156 Å². The van der Waals surface area contributed by atoms with Crippen LogP contribution in [0.5, 0.6) is 5.75 Å². The summed E-state index contributed by atoms with van der Waals surface area (Å²) in [7, 11) is 0. The minimum Gasteiger partial charge on any atom is -0.505 e. The standard InChI is InChI=1S/C49H48BrClO6/c1-2-34-23-25-35(26-24-34)27-40-28-41(43(50)45(52)44(40)51)46-48(55-31-38-19-11-5-12-20-38)49(56-32-39-21-13-6-14-22-39)47(54-30-37-17-9-4-10-18-37)42(57-46)33-53-29-36-15-7-3-8-16-36/h3-26,28,42,46-49,52H,2,27,29-33H2,1H3/t42-,46?,47-,48+,49+/m1/s1. The van der Waals surface area contributed by atoms with Crippen molar-refractivity contribution >= 4 is 27.5 Å². The third-order valence-corrected chi connectivity index (χ3v) is 11.6. The molecule has 6 aromatic carbocycles. The molecule has 0 radical (unpaired) electrons. The maximum absolute atomic E-state index is 11.6. The fourth-order valence-corrected chi connectivity index (χ4v) is 8.06. The second kappa shape index (κ2) is 20.4. The van der Waals surface area contributed by atoms with Crippen LogP contribution in [0.25, 0.3) is 0 Å². The summed E-state index contributed by atoms with van der Waals surface area (Å²) in [6.45, 7) is 3.70. The Bertz CT molecular complexity index is 2120. The lowest BCUT2D eigenvalue weighted by atomic mass is 9.89. The first-order chi connectivity index (χ1) is 28.0. The van der Waals surface area contributed by atoms with E-state index >= 15 is 0 Å². The molecule has 0 aromatic heterocycles. The molecule has 0 bridgehead atoms. The average molecular weight is 848 g/mol. The Morgan fingerprint density at radius 2 is 1.04 bits per heavy atom. The molecule has 1 fully saturated rings. The summed E-state index contributed by atoms with van der Waals surface area (Å²) in [6, 6.07) is 50.8. The number of aromatic hydroxyl groups is 1. The van der Waals surface area contributed by atoms with Gasteiger partial charge < -0.3 is 28.8 Å². The molecular weight excluding hydrogens is 800 g/mol. The largest absolute Gasteiger partial charge is 0.505 e. The van der Waals surface area contributed by atoms with E-state index in [1.807, 2.05) is 127 Å². The quantitative estimate of drug-likeness (QED) is 0.0986. The zero-order valence-corrected chi connectivity index (χ0v) is 34.4. The van der Waals surface area contributed by atoms with Crippen LogP contribution < -0.4 is 0 Å². The van der Waals surface area contributed by atoms with Gasteiger partial charge in [0.1, 0.15) is 36.3 Å². The topological polar surface area (TPSA) is 66.4 Å². The Kier molecular flexibility index (Phi) is 14.6. The summed E-state index contributed by atoms with van der Waals surface area (Å²) >= 11 is 10.6. The summed E-state index contributed by atoms with van der Waals surface area (Å²) in [5.41, 5.74) is 7.88. The molecule has 294 valence electrons. The molecule has 7 rings (SSSR count). The second-order valence-corrected chi connectivity index (χ2v) is 15.5. The Morgan fingerprint density at radius 3 is 1.54 bits per heavy atom. The highest BCUT2D eigenvalue weighted by Gasteiger charge is 2.50. The Balaban J connectivity index is 1.30. The predicted octanol–water partition coefficient (Wildman–Crippen LogP) is 11.4. The van der Waals surface area contributed by atoms with Crippen molar-refractivity contribution in [3.8, 4) is 5.75 Å². The van der Waals surface area contributed by atoms with Crippen molar-refractivity contribution in [2.45, 2.75) is 76.7 Å². The lowest BCUT2D eigenvalue weighted by Crippen LogP contribution is -2.58. The molecule has 1 aliphatic heterocycles. The number of aryl methyl sites for hydroxylation is 1. The molecule has 6 nitrogen and oxygen atoms in total. The number of ether oxygens (including phenoxy) is 5. The number of hydrogen-bond donors (Lipinski definition) is 1. The van der Waals surface area contributed by atoms with Crippen LogP contribution in [-0.2, 0) is 63.0 Å². The van der Waals surface area contributed by atoms with Gasteiger partial charge in [0.25, 0.3) is 0 Å². The molecule has 1 aliphatic rings. The monoisotopic (exact) mass is 846 g/mol. The van der Waals surface area contributed by atoms with Gasteiger partial charge in [0.15, 0.2) is 0 Å². The van der Waals surface area contributed by atoms with Crippen molar-refractivity contribution in [2.24, 2.45) is 0 Å². The van der Waals surface area contributed by atoms with E-state index in [1.165, 1.54) is 5.56 Å². The zero-order chi connectivity index (χ0) is 39.4. The van der Waals surface area contributed by atoms with Crippen LogP contribution in [0.1, 0.15) is 57.5 Å². The van der Waals surface area contributed by atoms with Crippen molar-refractivity contribution in [1.82, 2.24) is 0 Å². The Hall–Kier alpha value is -4.31. The lowest BCUT2D eigenvalue weighted by Gasteiger charge is -2.46. The third-order valence-electron chi connectivity index (χ3n) is 10.3. The maximum atomic E-state index is 11.6. The molecule has 0 amide bonds. The van der Waals surface area contributed by atoms with Crippen molar-refractivity contribution < 1.29 is 28.8 Å². The first kappa shape index (κ1) is 40.9. The van der Waals surface area contributed by atoms with E-state index in [2.05, 4.69) is 47.1 Å². The highest BCUT2D eigenvalue weighted by atomic mass is 79.9. The van der Waals surface area contributed by atoms with Crippen molar-refractivity contribution in [2.75, 3.05) is 6.61 Å². The molecule has 1 N–H and O–H groups in total. The smallest absolute Gasteiger partial charge is 0.149 e. The fraction of sp³-hybridized carbons (Fsp3) is 0.265. The molecular formula is C49H48BrClO6. The van der Waals surface area contributed by atoms with Crippen LogP contribution >= 0.6 is 27.5 Å². The molecule has 8 heteroatoms. The number of phenols is 1.